The summed E-state index contributed by atoms with van der Waals surface area (Å²) in [7, 11) is 5.68. The van der Waals surface area contributed by atoms with E-state index in [-0.39, 0.29) is 5.97 Å². The van der Waals surface area contributed by atoms with Crippen LogP contribution in [0.15, 0.2) is 12.2 Å². The van der Waals surface area contributed by atoms with Gasteiger partial charge in [-0.15, -0.1) is 0 Å². The van der Waals surface area contributed by atoms with Crippen molar-refractivity contribution in [3.63, 3.8) is 0 Å². The van der Waals surface area contributed by atoms with Gasteiger partial charge in [-0.25, -0.2) is 0 Å². The van der Waals surface area contributed by atoms with Crippen LogP contribution >= 0.6 is 0 Å². The van der Waals surface area contributed by atoms with Crippen LogP contribution in [0.1, 0.15) is 116 Å². The van der Waals surface area contributed by atoms with Crippen molar-refractivity contribution in [1.82, 2.24) is 4.90 Å². The topological polar surface area (TPSA) is 48.0 Å². The third kappa shape index (κ3) is 24.2. The molecule has 0 fully saturated rings. The summed E-state index contributed by atoms with van der Waals surface area (Å²) in [5.74, 6) is -0.0924. The fourth-order valence-corrected chi connectivity index (χ4v) is 3.81. The number of esters is 1. The van der Waals surface area contributed by atoms with E-state index < -0.39 is 0 Å². The lowest BCUT2D eigenvalue weighted by molar-refractivity contribution is -0.140. The number of likely N-dealkylation sites (N-methyl/N-ethyl adjacent to an activating group) is 1. The Bertz CT molecular complexity index is 453. The van der Waals surface area contributed by atoms with E-state index in [1.54, 1.807) is 0 Å². The summed E-state index contributed by atoms with van der Waals surface area (Å²) in [6.07, 6.45) is 24.8. The molecule has 0 aromatic rings. The number of rotatable bonds is 26. The average molecular weight is 484 g/mol. The van der Waals surface area contributed by atoms with E-state index in [0.717, 1.165) is 58.5 Å². The molecule has 0 amide bonds. The van der Waals surface area contributed by atoms with Crippen molar-refractivity contribution in [3.8, 4) is 0 Å². The van der Waals surface area contributed by atoms with Gasteiger partial charge < -0.3 is 19.1 Å². The molecule has 34 heavy (non-hydrogen) atoms. The summed E-state index contributed by atoms with van der Waals surface area (Å²) in [5.41, 5.74) is 0. The van der Waals surface area contributed by atoms with Crippen LogP contribution in [0.5, 0.6) is 0 Å². The van der Waals surface area contributed by atoms with Crippen LogP contribution in [0.4, 0.5) is 0 Å². The van der Waals surface area contributed by atoms with Gasteiger partial charge in [-0.3, -0.25) is 4.79 Å². The quantitative estimate of drug-likeness (QED) is 0.0732. The zero-order valence-electron chi connectivity index (χ0n) is 23.2. The molecule has 0 aliphatic carbocycles. The minimum atomic E-state index is -0.0924. The number of unbranched alkanes of at least 4 members (excludes halogenated alkanes) is 13. The van der Waals surface area contributed by atoms with E-state index in [0.29, 0.717) is 12.5 Å². The van der Waals surface area contributed by atoms with E-state index in [1.165, 1.54) is 77.7 Å². The lowest BCUT2D eigenvalue weighted by atomic mass is 10.1. The van der Waals surface area contributed by atoms with Crippen molar-refractivity contribution in [2.24, 2.45) is 0 Å². The highest BCUT2D eigenvalue weighted by Gasteiger charge is 2.11. The van der Waals surface area contributed by atoms with E-state index in [9.17, 15) is 4.79 Å². The van der Waals surface area contributed by atoms with Crippen molar-refractivity contribution < 1.29 is 19.0 Å². The first-order valence-corrected chi connectivity index (χ1v) is 14.2. The number of carbonyl (C=O) groups excluding carboxylic acids is 1. The third-order valence-corrected chi connectivity index (χ3v) is 6.30. The molecule has 1 unspecified atom stereocenters. The van der Waals surface area contributed by atoms with Crippen molar-refractivity contribution >= 4 is 5.97 Å². The van der Waals surface area contributed by atoms with Crippen LogP contribution in [0.2, 0.25) is 0 Å². The Morgan fingerprint density at radius 1 is 0.706 bits per heavy atom. The minimum Gasteiger partial charge on any atom is -0.469 e. The molecule has 0 aliphatic rings. The molecule has 0 aliphatic heterocycles. The Hall–Kier alpha value is -0.910. The summed E-state index contributed by atoms with van der Waals surface area (Å²) in [5, 5.41) is 0. The fourth-order valence-electron chi connectivity index (χ4n) is 3.81. The second-order valence-electron chi connectivity index (χ2n) is 9.74. The summed E-state index contributed by atoms with van der Waals surface area (Å²) >= 11 is 0. The first-order valence-electron chi connectivity index (χ1n) is 14.2. The maximum Gasteiger partial charge on any atom is 0.305 e. The summed E-state index contributed by atoms with van der Waals surface area (Å²) < 4.78 is 16.5. The Morgan fingerprint density at radius 3 is 1.68 bits per heavy atom. The van der Waals surface area contributed by atoms with Gasteiger partial charge in [0.05, 0.1) is 26.4 Å². The molecule has 0 saturated heterocycles. The van der Waals surface area contributed by atoms with Gasteiger partial charge in [-0.2, -0.15) is 0 Å². The molecule has 0 saturated carbocycles. The van der Waals surface area contributed by atoms with Gasteiger partial charge in [0.1, 0.15) is 0 Å². The Labute approximate surface area is 212 Å². The standard InChI is InChI=1S/C29H57NO4/c1-5-6-7-18-21-24-33-26-28(30(2)3)27-34-25-22-19-16-14-12-10-8-9-11-13-15-17-20-23-29(31)32-4/h9,11,28H,5-8,10,12-27H2,1-4H3. The third-order valence-electron chi connectivity index (χ3n) is 6.30. The van der Waals surface area contributed by atoms with Crippen molar-refractivity contribution in [3.05, 3.63) is 12.2 Å². The maximum atomic E-state index is 11.0. The summed E-state index contributed by atoms with van der Waals surface area (Å²) in [6, 6.07) is 0.351. The lowest BCUT2D eigenvalue weighted by Crippen LogP contribution is -2.37. The van der Waals surface area contributed by atoms with Crippen LogP contribution in [0, 0.1) is 0 Å². The summed E-state index contributed by atoms with van der Waals surface area (Å²) in [6.45, 7) is 5.53. The van der Waals surface area contributed by atoms with E-state index in [1.807, 2.05) is 0 Å². The van der Waals surface area contributed by atoms with E-state index in [4.69, 9.17) is 9.47 Å². The SMILES string of the molecule is CCCCCCCOCC(COCCCCCCCCC=CCCCCCC(=O)OC)N(C)C. The predicted molar refractivity (Wildman–Crippen MR) is 144 cm³/mol. The molecular weight excluding hydrogens is 426 g/mol. The Balaban J connectivity index is 3.41. The summed E-state index contributed by atoms with van der Waals surface area (Å²) in [4.78, 5) is 13.2. The van der Waals surface area contributed by atoms with Gasteiger partial charge in [-0.05, 0) is 59.0 Å². The normalized spacial score (nSPS) is 12.6. The molecule has 5 heteroatoms. The Morgan fingerprint density at radius 2 is 1.18 bits per heavy atom. The molecule has 0 spiro atoms. The zero-order valence-corrected chi connectivity index (χ0v) is 23.2. The van der Waals surface area contributed by atoms with Crippen LogP contribution in [0.25, 0.3) is 0 Å². The maximum absolute atomic E-state index is 11.0. The second kappa shape index (κ2) is 26.7. The zero-order chi connectivity index (χ0) is 25.1. The van der Waals surface area contributed by atoms with Crippen LogP contribution in [-0.2, 0) is 19.0 Å². The van der Waals surface area contributed by atoms with Crippen LogP contribution in [-0.4, -0.2) is 64.5 Å². The first-order chi connectivity index (χ1) is 16.6. The molecule has 0 aromatic carbocycles. The smallest absolute Gasteiger partial charge is 0.305 e. The molecule has 0 radical (unpaired) electrons. The molecular formula is C29H57NO4. The molecule has 1 atom stereocenters. The number of carbonyl (C=O) groups is 1. The molecule has 0 rings (SSSR count). The molecule has 202 valence electrons. The fraction of sp³-hybridized carbons (Fsp3) is 0.897. The van der Waals surface area contributed by atoms with E-state index in [2.05, 4.69) is 42.8 Å². The van der Waals surface area contributed by atoms with Gasteiger partial charge in [0.15, 0.2) is 0 Å². The van der Waals surface area contributed by atoms with Gasteiger partial charge in [-0.1, -0.05) is 76.9 Å². The lowest BCUT2D eigenvalue weighted by Gasteiger charge is -2.24. The largest absolute Gasteiger partial charge is 0.469 e. The van der Waals surface area contributed by atoms with Crippen molar-refractivity contribution in [1.29, 1.82) is 0 Å². The highest BCUT2D eigenvalue weighted by atomic mass is 16.5. The van der Waals surface area contributed by atoms with Crippen molar-refractivity contribution in [2.45, 2.75) is 122 Å². The van der Waals surface area contributed by atoms with Crippen LogP contribution < -0.4 is 0 Å². The minimum absolute atomic E-state index is 0.0924. The molecule has 0 aromatic heterocycles. The molecule has 0 bridgehead atoms. The second-order valence-corrected chi connectivity index (χ2v) is 9.74. The van der Waals surface area contributed by atoms with Gasteiger partial charge >= 0.3 is 5.97 Å². The monoisotopic (exact) mass is 483 g/mol. The van der Waals surface area contributed by atoms with Crippen molar-refractivity contribution in [2.75, 3.05) is 47.6 Å². The number of allylic oxidation sites excluding steroid dienone is 2. The molecule has 0 N–H and O–H groups in total. The average Bonchev–Trinajstić information content (AvgIpc) is 2.83. The Kier molecular flexibility index (Phi) is 26.0. The molecule has 5 nitrogen and oxygen atoms in total. The first kappa shape index (κ1) is 33.1. The molecule has 0 heterocycles. The number of hydrogen-bond donors (Lipinski definition) is 0. The number of ether oxygens (including phenoxy) is 3. The van der Waals surface area contributed by atoms with Gasteiger partial charge in [0.25, 0.3) is 0 Å². The van der Waals surface area contributed by atoms with Gasteiger partial charge in [0, 0.05) is 19.6 Å². The predicted octanol–water partition coefficient (Wildman–Crippen LogP) is 7.33. The highest BCUT2D eigenvalue weighted by Crippen LogP contribution is 2.10. The highest BCUT2D eigenvalue weighted by molar-refractivity contribution is 5.68. The van der Waals surface area contributed by atoms with Gasteiger partial charge in [0.2, 0.25) is 0 Å². The van der Waals surface area contributed by atoms with E-state index >= 15 is 0 Å². The number of methoxy groups -OCH3 is 1. The van der Waals surface area contributed by atoms with Crippen LogP contribution in [0.3, 0.4) is 0 Å². The number of hydrogen-bond acceptors (Lipinski definition) is 5. The number of nitrogens with zero attached hydrogens (tertiary/aromatic N) is 1.